The van der Waals surface area contributed by atoms with E-state index < -0.39 is 0 Å². The van der Waals surface area contributed by atoms with Crippen molar-refractivity contribution in [2.75, 3.05) is 21.0 Å². The molecule has 7 heteroatoms. The van der Waals surface area contributed by atoms with E-state index in [2.05, 4.69) is 71.4 Å². The maximum atomic E-state index is 6.71. The average molecular weight is 572 g/mol. The summed E-state index contributed by atoms with van der Waals surface area (Å²) in [5.41, 5.74) is 4.46. The molecule has 0 bridgehead atoms. The first kappa shape index (κ1) is 24.4. The lowest BCUT2D eigenvalue weighted by atomic mass is 9.94. The standard InChI is InChI=1S/C31H26NO5.BrH/c1-33-26-10-9-23-25(30(26)34-2)16-32-12-11-22-14-27-28(37-18-36-27)15-24(22)29(32)31(23)35-17-19-7-8-20-5-3-4-6-21(20)13-19;/h3-10,13-16H,11-12,17-18H2,1-2H3;1H/q+1;/p-1. The Morgan fingerprint density at radius 3 is 2.45 bits per heavy atom. The average Bonchev–Trinajstić information content (AvgIpc) is 3.40. The first-order valence-corrected chi connectivity index (χ1v) is 12.4. The lowest BCUT2D eigenvalue weighted by molar-refractivity contribution is -0.686. The van der Waals surface area contributed by atoms with E-state index in [0.29, 0.717) is 18.1 Å². The first-order chi connectivity index (χ1) is 18.2. The van der Waals surface area contributed by atoms with Gasteiger partial charge in [-0.05, 0) is 52.2 Å². The fourth-order valence-corrected chi connectivity index (χ4v) is 5.49. The van der Waals surface area contributed by atoms with E-state index in [9.17, 15) is 0 Å². The number of nitrogens with zero attached hydrogens (tertiary/aromatic N) is 1. The number of hydrogen-bond donors (Lipinski definition) is 0. The molecule has 0 atom stereocenters. The van der Waals surface area contributed by atoms with Gasteiger partial charge in [0.2, 0.25) is 6.79 Å². The number of pyridine rings is 1. The molecule has 0 amide bonds. The second-order valence-electron chi connectivity index (χ2n) is 9.35. The zero-order valence-corrected chi connectivity index (χ0v) is 22.7. The zero-order valence-electron chi connectivity index (χ0n) is 21.1. The van der Waals surface area contributed by atoms with Crippen molar-refractivity contribution in [1.29, 1.82) is 0 Å². The minimum absolute atomic E-state index is 0. The third kappa shape index (κ3) is 3.89. The molecular weight excluding hydrogens is 546 g/mol. The van der Waals surface area contributed by atoms with Crippen LogP contribution in [0.4, 0.5) is 0 Å². The Balaban J connectivity index is 0.00000264. The van der Waals surface area contributed by atoms with Gasteiger partial charge in [0.05, 0.1) is 25.2 Å². The molecule has 2 aliphatic heterocycles. The number of halogens is 1. The maximum Gasteiger partial charge on any atom is 0.256 e. The molecule has 6 nitrogen and oxygen atoms in total. The van der Waals surface area contributed by atoms with Crippen LogP contribution in [0.3, 0.4) is 0 Å². The smallest absolute Gasteiger partial charge is 0.256 e. The molecule has 2 aliphatic rings. The monoisotopic (exact) mass is 571 g/mol. The molecule has 3 heterocycles. The third-order valence-electron chi connectivity index (χ3n) is 7.29. The molecule has 192 valence electrons. The highest BCUT2D eigenvalue weighted by Gasteiger charge is 2.33. The minimum atomic E-state index is 0. The van der Waals surface area contributed by atoms with Gasteiger partial charge in [-0.1, -0.05) is 36.4 Å². The van der Waals surface area contributed by atoms with Crippen molar-refractivity contribution >= 4 is 21.5 Å². The van der Waals surface area contributed by atoms with Crippen LogP contribution in [0.5, 0.6) is 28.7 Å². The number of methoxy groups -OCH3 is 2. The van der Waals surface area contributed by atoms with Crippen molar-refractivity contribution in [2.45, 2.75) is 19.6 Å². The van der Waals surface area contributed by atoms with Crippen molar-refractivity contribution in [3.8, 4) is 40.0 Å². The molecule has 0 spiro atoms. The number of aryl methyl sites for hydroxylation is 2. The minimum Gasteiger partial charge on any atom is -1.00 e. The van der Waals surface area contributed by atoms with Crippen LogP contribution >= 0.6 is 0 Å². The van der Waals surface area contributed by atoms with Gasteiger partial charge in [0.25, 0.3) is 5.69 Å². The molecule has 0 unspecified atom stereocenters. The molecule has 0 saturated carbocycles. The summed E-state index contributed by atoms with van der Waals surface area (Å²) >= 11 is 0. The Morgan fingerprint density at radius 2 is 1.63 bits per heavy atom. The van der Waals surface area contributed by atoms with Gasteiger partial charge in [0.1, 0.15) is 6.61 Å². The predicted molar refractivity (Wildman–Crippen MR) is 141 cm³/mol. The molecule has 0 saturated heterocycles. The number of hydrogen-bond acceptors (Lipinski definition) is 5. The molecular formula is C31H26BrNO5. The number of fused-ring (bicyclic) bond motifs is 6. The number of benzene rings is 4. The Bertz CT molecular complexity index is 1700. The van der Waals surface area contributed by atoms with Crippen molar-refractivity contribution in [3.63, 3.8) is 0 Å². The molecule has 0 aliphatic carbocycles. The van der Waals surface area contributed by atoms with Crippen LogP contribution < -0.4 is 45.2 Å². The van der Waals surface area contributed by atoms with Gasteiger partial charge in [-0.3, -0.25) is 0 Å². The molecule has 0 radical (unpaired) electrons. The number of rotatable bonds is 5. The number of ether oxygens (including phenoxy) is 5. The summed E-state index contributed by atoms with van der Waals surface area (Å²) in [6, 6.07) is 23.0. The molecule has 1 aromatic heterocycles. The van der Waals surface area contributed by atoms with E-state index in [1.807, 2.05) is 6.07 Å². The van der Waals surface area contributed by atoms with E-state index in [1.165, 1.54) is 16.3 Å². The van der Waals surface area contributed by atoms with Gasteiger partial charge in [-0.25, -0.2) is 0 Å². The van der Waals surface area contributed by atoms with Crippen molar-refractivity contribution in [1.82, 2.24) is 0 Å². The summed E-state index contributed by atoms with van der Waals surface area (Å²) in [7, 11) is 3.33. The van der Waals surface area contributed by atoms with E-state index in [-0.39, 0.29) is 23.8 Å². The zero-order chi connectivity index (χ0) is 24.9. The van der Waals surface area contributed by atoms with E-state index in [0.717, 1.165) is 57.8 Å². The van der Waals surface area contributed by atoms with Gasteiger partial charge in [0.15, 0.2) is 41.5 Å². The molecule has 0 fully saturated rings. The Kier molecular flexibility index (Phi) is 6.24. The quantitative estimate of drug-likeness (QED) is 0.304. The Labute approximate surface area is 231 Å². The van der Waals surface area contributed by atoms with Gasteiger partial charge in [0, 0.05) is 11.8 Å². The van der Waals surface area contributed by atoms with Crippen LogP contribution in [-0.4, -0.2) is 21.0 Å². The molecule has 38 heavy (non-hydrogen) atoms. The van der Waals surface area contributed by atoms with Gasteiger partial charge in [-0.15, -0.1) is 0 Å². The highest BCUT2D eigenvalue weighted by atomic mass is 79.9. The van der Waals surface area contributed by atoms with E-state index >= 15 is 0 Å². The highest BCUT2D eigenvalue weighted by molar-refractivity contribution is 5.97. The van der Waals surface area contributed by atoms with Crippen molar-refractivity contribution in [2.24, 2.45) is 0 Å². The summed E-state index contributed by atoms with van der Waals surface area (Å²) in [6.07, 6.45) is 3.02. The van der Waals surface area contributed by atoms with Crippen LogP contribution in [-0.2, 0) is 19.6 Å². The summed E-state index contributed by atoms with van der Waals surface area (Å²) in [4.78, 5) is 0. The normalized spacial score (nSPS) is 13.0. The lowest BCUT2D eigenvalue weighted by Gasteiger charge is -2.21. The molecule has 5 aromatic rings. The SMILES string of the molecule is COc1ccc2c(OCc3ccc4ccccc4c3)c3[n+](cc2c1OC)CCc1cc2c(cc1-3)OCO2.[Br-]. The lowest BCUT2D eigenvalue weighted by Crippen LogP contribution is -3.00. The van der Waals surface area contributed by atoms with Crippen LogP contribution in [0.25, 0.3) is 32.8 Å². The predicted octanol–water partition coefficient (Wildman–Crippen LogP) is 2.83. The van der Waals surface area contributed by atoms with Crippen molar-refractivity contribution < 1.29 is 45.2 Å². The maximum absolute atomic E-state index is 6.71. The second kappa shape index (κ2) is 9.72. The second-order valence-corrected chi connectivity index (χ2v) is 9.35. The summed E-state index contributed by atoms with van der Waals surface area (Å²) in [6.45, 7) is 1.49. The molecule has 4 aromatic carbocycles. The fourth-order valence-electron chi connectivity index (χ4n) is 5.49. The summed E-state index contributed by atoms with van der Waals surface area (Å²) in [5, 5.41) is 4.33. The van der Waals surface area contributed by atoms with Gasteiger partial charge < -0.3 is 40.7 Å². The third-order valence-corrected chi connectivity index (χ3v) is 7.29. The van der Waals surface area contributed by atoms with Crippen LogP contribution in [0.2, 0.25) is 0 Å². The Morgan fingerprint density at radius 1 is 0.816 bits per heavy atom. The van der Waals surface area contributed by atoms with Crippen LogP contribution in [0.1, 0.15) is 11.1 Å². The topological polar surface area (TPSA) is 50.0 Å². The molecule has 0 N–H and O–H groups in total. The largest absolute Gasteiger partial charge is 1.00 e. The van der Waals surface area contributed by atoms with Crippen LogP contribution in [0, 0.1) is 0 Å². The highest BCUT2D eigenvalue weighted by Crippen LogP contribution is 2.46. The van der Waals surface area contributed by atoms with E-state index in [1.54, 1.807) is 14.2 Å². The fraction of sp³-hybridized carbons (Fsp3) is 0.194. The first-order valence-electron chi connectivity index (χ1n) is 12.4. The van der Waals surface area contributed by atoms with Gasteiger partial charge >= 0.3 is 0 Å². The summed E-state index contributed by atoms with van der Waals surface area (Å²) < 4.78 is 31.8. The number of aromatic nitrogens is 1. The summed E-state index contributed by atoms with van der Waals surface area (Å²) in [5.74, 6) is 3.77. The van der Waals surface area contributed by atoms with Gasteiger partial charge in [-0.2, -0.15) is 4.57 Å². The molecule has 7 rings (SSSR count). The van der Waals surface area contributed by atoms with Crippen molar-refractivity contribution in [3.05, 3.63) is 84.1 Å². The van der Waals surface area contributed by atoms with E-state index in [4.69, 9.17) is 23.7 Å². The Hall–Kier alpha value is -3.97. The van der Waals surface area contributed by atoms with Crippen LogP contribution in [0.15, 0.2) is 72.9 Å².